The summed E-state index contributed by atoms with van der Waals surface area (Å²) in [6, 6.07) is 14.0. The van der Waals surface area contributed by atoms with Gasteiger partial charge in [0.15, 0.2) is 0 Å². The lowest BCUT2D eigenvalue weighted by molar-refractivity contribution is 0.0698. The average Bonchev–Trinajstić information content (AvgIpc) is 3.44. The van der Waals surface area contributed by atoms with E-state index in [0.717, 1.165) is 19.3 Å². The van der Waals surface area contributed by atoms with E-state index in [1.807, 2.05) is 11.0 Å². The van der Waals surface area contributed by atoms with E-state index in [-0.39, 0.29) is 17.9 Å². The van der Waals surface area contributed by atoms with Crippen LogP contribution in [0.5, 0.6) is 0 Å². The first-order valence-electron chi connectivity index (χ1n) is 11.5. The van der Waals surface area contributed by atoms with Crippen molar-refractivity contribution in [3.8, 4) is 0 Å². The number of likely N-dealkylation sites (tertiary alicyclic amines) is 1. The van der Waals surface area contributed by atoms with Crippen molar-refractivity contribution in [2.45, 2.75) is 44.8 Å². The molecule has 1 fully saturated rings. The van der Waals surface area contributed by atoms with Gasteiger partial charge in [-0.15, -0.1) is 0 Å². The van der Waals surface area contributed by atoms with Crippen LogP contribution in [0.15, 0.2) is 65.5 Å². The second-order valence-corrected chi connectivity index (χ2v) is 8.84. The topological polar surface area (TPSA) is 78.7 Å². The monoisotopic (exact) mass is 444 g/mol. The molecule has 1 atom stereocenters. The highest BCUT2D eigenvalue weighted by atomic mass is 16.3. The minimum absolute atomic E-state index is 0.0133. The minimum atomic E-state index is -0.113. The molecule has 0 spiro atoms. The standard InChI is InChI=1S/C26H28N4O3/c1-18-16-20-4-2-3-5-23(20)30(18)17-24-22(10-15-33-24)25(31)28-21-8-13-29(14-9-21)26(32)19-6-11-27-12-7-19/h2-7,10-12,15,18,21H,8-9,13-14,16-17H2,1H3,(H,28,31). The third kappa shape index (κ3) is 4.35. The summed E-state index contributed by atoms with van der Waals surface area (Å²) < 4.78 is 5.74. The van der Waals surface area contributed by atoms with Gasteiger partial charge in [-0.3, -0.25) is 14.6 Å². The van der Waals surface area contributed by atoms with E-state index in [4.69, 9.17) is 4.42 Å². The lowest BCUT2D eigenvalue weighted by atomic mass is 10.0. The largest absolute Gasteiger partial charge is 0.467 e. The van der Waals surface area contributed by atoms with Gasteiger partial charge in [-0.2, -0.15) is 0 Å². The van der Waals surface area contributed by atoms with Crippen LogP contribution in [-0.4, -0.2) is 46.9 Å². The van der Waals surface area contributed by atoms with Crippen molar-refractivity contribution < 1.29 is 14.0 Å². The maximum absolute atomic E-state index is 13.1. The number of amides is 2. The van der Waals surface area contributed by atoms with Crippen molar-refractivity contribution in [2.24, 2.45) is 0 Å². The number of aromatic nitrogens is 1. The maximum atomic E-state index is 13.1. The number of pyridine rings is 1. The van der Waals surface area contributed by atoms with E-state index in [1.165, 1.54) is 11.3 Å². The first-order valence-corrected chi connectivity index (χ1v) is 11.5. The van der Waals surface area contributed by atoms with E-state index in [1.54, 1.807) is 36.9 Å². The molecule has 0 saturated carbocycles. The van der Waals surface area contributed by atoms with Crippen LogP contribution in [0.2, 0.25) is 0 Å². The van der Waals surface area contributed by atoms with Gasteiger partial charge in [0.05, 0.1) is 18.4 Å². The van der Waals surface area contributed by atoms with Crippen molar-refractivity contribution >= 4 is 17.5 Å². The van der Waals surface area contributed by atoms with Crippen LogP contribution in [0.1, 0.15) is 51.8 Å². The molecule has 1 unspecified atom stereocenters. The number of piperidine rings is 1. The summed E-state index contributed by atoms with van der Waals surface area (Å²) in [5.74, 6) is 0.582. The van der Waals surface area contributed by atoms with Crippen LogP contribution in [0, 0.1) is 0 Å². The lowest BCUT2D eigenvalue weighted by Crippen LogP contribution is -2.46. The third-order valence-electron chi connectivity index (χ3n) is 6.70. The van der Waals surface area contributed by atoms with Gasteiger partial charge in [-0.05, 0) is 56.0 Å². The van der Waals surface area contributed by atoms with Crippen molar-refractivity contribution in [3.05, 3.63) is 83.6 Å². The summed E-state index contributed by atoms with van der Waals surface area (Å²) in [6.07, 6.45) is 7.30. The molecule has 2 aliphatic rings. The molecule has 170 valence electrons. The van der Waals surface area contributed by atoms with Crippen LogP contribution in [0.25, 0.3) is 0 Å². The maximum Gasteiger partial charge on any atom is 0.255 e. The Hall–Kier alpha value is -3.61. The van der Waals surface area contributed by atoms with Gasteiger partial charge in [-0.1, -0.05) is 18.2 Å². The average molecular weight is 445 g/mol. The van der Waals surface area contributed by atoms with E-state index in [2.05, 4.69) is 40.3 Å². The number of rotatable bonds is 5. The molecule has 2 amide bonds. The second-order valence-electron chi connectivity index (χ2n) is 8.84. The third-order valence-corrected chi connectivity index (χ3v) is 6.70. The molecule has 1 aromatic carbocycles. The minimum Gasteiger partial charge on any atom is -0.467 e. The molecule has 0 bridgehead atoms. The van der Waals surface area contributed by atoms with Crippen molar-refractivity contribution in [1.29, 1.82) is 0 Å². The first-order chi connectivity index (χ1) is 16.1. The molecule has 1 saturated heterocycles. The van der Waals surface area contributed by atoms with Gasteiger partial charge in [0.1, 0.15) is 5.76 Å². The summed E-state index contributed by atoms with van der Waals surface area (Å²) >= 11 is 0. The predicted molar refractivity (Wildman–Crippen MR) is 125 cm³/mol. The molecule has 7 heteroatoms. The number of benzene rings is 1. The highest BCUT2D eigenvalue weighted by molar-refractivity contribution is 5.96. The van der Waals surface area contributed by atoms with Gasteiger partial charge in [-0.25, -0.2) is 0 Å². The van der Waals surface area contributed by atoms with Crippen molar-refractivity contribution in [1.82, 2.24) is 15.2 Å². The Morgan fingerprint density at radius 1 is 1.09 bits per heavy atom. The highest BCUT2D eigenvalue weighted by Crippen LogP contribution is 2.33. The number of para-hydroxylation sites is 1. The molecule has 4 heterocycles. The molecule has 5 rings (SSSR count). The van der Waals surface area contributed by atoms with E-state index < -0.39 is 0 Å². The number of nitrogens with one attached hydrogen (secondary N) is 1. The summed E-state index contributed by atoms with van der Waals surface area (Å²) in [5.41, 5.74) is 3.77. The van der Waals surface area contributed by atoms with Gasteiger partial charge < -0.3 is 19.5 Å². The summed E-state index contributed by atoms with van der Waals surface area (Å²) in [6.45, 7) is 4.00. The first kappa shape index (κ1) is 21.2. The lowest BCUT2D eigenvalue weighted by Gasteiger charge is -2.32. The highest BCUT2D eigenvalue weighted by Gasteiger charge is 2.29. The number of anilines is 1. The van der Waals surface area contributed by atoms with Crippen LogP contribution < -0.4 is 10.2 Å². The molecular formula is C26H28N4O3. The molecule has 3 aromatic rings. The predicted octanol–water partition coefficient (Wildman–Crippen LogP) is 3.66. The Morgan fingerprint density at radius 2 is 1.85 bits per heavy atom. The van der Waals surface area contributed by atoms with Crippen LogP contribution >= 0.6 is 0 Å². The van der Waals surface area contributed by atoms with Crippen molar-refractivity contribution in [3.63, 3.8) is 0 Å². The Kier molecular flexibility index (Phi) is 5.86. The van der Waals surface area contributed by atoms with Crippen LogP contribution in [0.4, 0.5) is 5.69 Å². The van der Waals surface area contributed by atoms with E-state index in [0.29, 0.717) is 42.6 Å². The fourth-order valence-electron chi connectivity index (χ4n) is 4.86. The van der Waals surface area contributed by atoms with Crippen LogP contribution in [-0.2, 0) is 13.0 Å². The van der Waals surface area contributed by atoms with Crippen molar-refractivity contribution in [2.75, 3.05) is 18.0 Å². The van der Waals surface area contributed by atoms with Gasteiger partial charge in [0.2, 0.25) is 0 Å². The molecule has 2 aliphatic heterocycles. The number of fused-ring (bicyclic) bond motifs is 1. The molecular weight excluding hydrogens is 416 g/mol. The summed E-state index contributed by atoms with van der Waals surface area (Å²) in [7, 11) is 0. The zero-order valence-electron chi connectivity index (χ0n) is 18.7. The number of carbonyl (C=O) groups excluding carboxylic acids is 2. The number of hydrogen-bond donors (Lipinski definition) is 1. The zero-order valence-corrected chi connectivity index (χ0v) is 18.7. The van der Waals surface area contributed by atoms with Gasteiger partial charge >= 0.3 is 0 Å². The number of carbonyl (C=O) groups is 2. The molecule has 2 aromatic heterocycles. The molecule has 7 nitrogen and oxygen atoms in total. The molecule has 33 heavy (non-hydrogen) atoms. The van der Waals surface area contributed by atoms with Gasteiger partial charge in [0.25, 0.3) is 11.8 Å². The Balaban J connectivity index is 1.19. The Labute approximate surface area is 193 Å². The fourth-order valence-corrected chi connectivity index (χ4v) is 4.86. The second kappa shape index (κ2) is 9.10. The summed E-state index contributed by atoms with van der Waals surface area (Å²) in [4.78, 5) is 33.8. The summed E-state index contributed by atoms with van der Waals surface area (Å²) in [5, 5.41) is 3.15. The number of furan rings is 1. The molecule has 0 radical (unpaired) electrons. The normalized spacial score (nSPS) is 18.3. The Bertz CT molecular complexity index is 1140. The van der Waals surface area contributed by atoms with Crippen LogP contribution in [0.3, 0.4) is 0 Å². The van der Waals surface area contributed by atoms with Gasteiger partial charge in [0, 0.05) is 48.8 Å². The smallest absolute Gasteiger partial charge is 0.255 e. The number of hydrogen-bond acceptors (Lipinski definition) is 5. The number of nitrogens with zero attached hydrogens (tertiary/aromatic N) is 3. The van der Waals surface area contributed by atoms with E-state index in [9.17, 15) is 9.59 Å². The zero-order chi connectivity index (χ0) is 22.8. The SMILES string of the molecule is CC1Cc2ccccc2N1Cc1occc1C(=O)NC1CCN(C(=O)c2ccncc2)CC1. The molecule has 0 aliphatic carbocycles. The quantitative estimate of drug-likeness (QED) is 0.650. The molecule has 1 N–H and O–H groups in total. The fraction of sp³-hybridized carbons (Fsp3) is 0.346. The Morgan fingerprint density at radius 3 is 2.64 bits per heavy atom. The van der Waals surface area contributed by atoms with E-state index >= 15 is 0 Å².